The Balaban J connectivity index is 2.63. The van der Waals surface area contributed by atoms with Gasteiger partial charge < -0.3 is 25.4 Å². The predicted molar refractivity (Wildman–Crippen MR) is 101 cm³/mol. The van der Waals surface area contributed by atoms with Crippen molar-refractivity contribution in [3.63, 3.8) is 0 Å². The molecule has 0 fully saturated rings. The maximum Gasteiger partial charge on any atom is 0.339 e. The molecule has 2 rings (SSSR count). The molecule has 6 nitrogen and oxygen atoms in total. The van der Waals surface area contributed by atoms with Gasteiger partial charge in [-0.15, -0.1) is 0 Å². The average molecular weight is 361 g/mol. The number of carbonyl (C=O) groups is 1. The Hall–Kier alpha value is -2.25. The zero-order valence-corrected chi connectivity index (χ0v) is 16.2. The van der Waals surface area contributed by atoms with E-state index in [9.17, 15) is 9.90 Å². The molecule has 5 N–H and O–H groups in total. The lowest BCUT2D eigenvalue weighted by atomic mass is 9.85. The molecule has 0 saturated carbocycles. The van der Waals surface area contributed by atoms with Crippen molar-refractivity contribution in [3.05, 3.63) is 35.8 Å². The summed E-state index contributed by atoms with van der Waals surface area (Å²) in [7, 11) is -0.982. The van der Waals surface area contributed by atoms with Crippen molar-refractivity contribution in [3.8, 4) is 11.1 Å². The third-order valence-electron chi connectivity index (χ3n) is 3.86. The van der Waals surface area contributed by atoms with Gasteiger partial charge >= 0.3 is 5.97 Å². The van der Waals surface area contributed by atoms with Crippen LogP contribution in [0, 0.1) is 5.41 Å². The van der Waals surface area contributed by atoms with Crippen LogP contribution in [0.5, 0.6) is 0 Å². The van der Waals surface area contributed by atoms with Crippen molar-refractivity contribution in [2.24, 2.45) is 5.41 Å². The van der Waals surface area contributed by atoms with Gasteiger partial charge in [-0.2, -0.15) is 0 Å². The molecule has 7 heteroatoms. The summed E-state index contributed by atoms with van der Waals surface area (Å²) >= 11 is 0. The monoisotopic (exact) mass is 361 g/mol. The van der Waals surface area contributed by atoms with Crippen molar-refractivity contribution in [1.29, 1.82) is 0 Å². The first-order valence-electron chi connectivity index (χ1n) is 7.99. The summed E-state index contributed by atoms with van der Waals surface area (Å²) in [5, 5.41) is 9.39. The van der Waals surface area contributed by atoms with Crippen LogP contribution in [0.15, 0.2) is 28.9 Å². The summed E-state index contributed by atoms with van der Waals surface area (Å²) in [5.41, 5.74) is 13.2. The van der Waals surface area contributed by atoms with Gasteiger partial charge in [0.05, 0.1) is 12.0 Å². The Labute approximate surface area is 149 Å². The number of hydrogen-bond acceptors (Lipinski definition) is 5. The van der Waals surface area contributed by atoms with Crippen molar-refractivity contribution in [1.82, 2.24) is 0 Å². The number of benzene rings is 1. The number of nitrogens with two attached hydrogens (primary N) is 2. The molecule has 135 valence electrons. The van der Waals surface area contributed by atoms with E-state index < -0.39 is 15.0 Å². The van der Waals surface area contributed by atoms with Gasteiger partial charge in [-0.25, -0.2) is 4.79 Å². The van der Waals surface area contributed by atoms with E-state index in [1.165, 1.54) is 0 Å². The minimum absolute atomic E-state index is 0.0892. The number of nitrogen functional groups attached to an aromatic ring is 2. The van der Waals surface area contributed by atoms with Crippen LogP contribution in [0.1, 0.15) is 43.0 Å². The SMILES string of the molecule is C[Si](C)OC(c1occc1-c1ccc(N)c(C(=O)O)c1N)C(C)(C)C. The fraction of sp³-hybridized carbons (Fsp3) is 0.389. The first-order valence-corrected chi connectivity index (χ1v) is 10.4. The standard InChI is InChI=1S/C18H25N2O4Si/c1-18(2,3)16(24-25(4)5)15-11(8-9-23-15)10-6-7-12(19)13(14(10)20)17(21)22/h6-9,16H,19-20H2,1-5H3,(H,21,22). The molecule has 1 aromatic heterocycles. The average Bonchev–Trinajstić information content (AvgIpc) is 2.91. The van der Waals surface area contributed by atoms with Crippen LogP contribution in [0.3, 0.4) is 0 Å². The minimum Gasteiger partial charge on any atom is -0.478 e. The van der Waals surface area contributed by atoms with Crippen LogP contribution in [0.4, 0.5) is 11.4 Å². The highest BCUT2D eigenvalue weighted by Gasteiger charge is 2.33. The number of anilines is 2. The molecule has 0 aliphatic rings. The van der Waals surface area contributed by atoms with Crippen molar-refractivity contribution in [2.75, 3.05) is 11.5 Å². The largest absolute Gasteiger partial charge is 0.478 e. The van der Waals surface area contributed by atoms with Gasteiger partial charge in [0.1, 0.15) is 17.4 Å². The third-order valence-corrected chi connectivity index (χ3v) is 4.56. The van der Waals surface area contributed by atoms with Crippen molar-refractivity contribution in [2.45, 2.75) is 40.0 Å². The Kier molecular flexibility index (Phi) is 5.29. The Bertz CT molecular complexity index is 778. The molecule has 1 radical (unpaired) electrons. The van der Waals surface area contributed by atoms with E-state index >= 15 is 0 Å². The highest BCUT2D eigenvalue weighted by Crippen LogP contribution is 2.43. The van der Waals surface area contributed by atoms with Gasteiger partial charge in [0.25, 0.3) is 0 Å². The van der Waals surface area contributed by atoms with E-state index in [2.05, 4.69) is 33.9 Å². The van der Waals surface area contributed by atoms with Crippen molar-refractivity contribution < 1.29 is 18.7 Å². The highest BCUT2D eigenvalue weighted by molar-refractivity contribution is 6.48. The molecular formula is C18H25N2O4Si. The van der Waals surface area contributed by atoms with Gasteiger partial charge in [-0.05, 0) is 30.6 Å². The number of hydrogen-bond donors (Lipinski definition) is 3. The lowest BCUT2D eigenvalue weighted by molar-refractivity contribution is 0.0668. The van der Waals surface area contributed by atoms with E-state index in [1.54, 1.807) is 24.5 Å². The molecule has 1 heterocycles. The molecule has 0 bridgehead atoms. The molecule has 1 unspecified atom stereocenters. The molecule has 2 aromatic rings. The fourth-order valence-corrected chi connectivity index (χ4v) is 3.65. The van der Waals surface area contributed by atoms with E-state index in [1.807, 2.05) is 0 Å². The predicted octanol–water partition coefficient (Wildman–Crippen LogP) is 4.16. The molecule has 1 atom stereocenters. The molecule has 0 saturated heterocycles. The number of rotatable bonds is 5. The van der Waals surface area contributed by atoms with E-state index in [4.69, 9.17) is 20.3 Å². The lowest BCUT2D eigenvalue weighted by Gasteiger charge is -2.31. The fourth-order valence-electron chi connectivity index (χ4n) is 2.72. The summed E-state index contributed by atoms with van der Waals surface area (Å²) in [6.45, 7) is 10.3. The number of furan rings is 1. The maximum absolute atomic E-state index is 11.5. The number of aromatic carboxylic acids is 1. The Morgan fingerprint density at radius 1 is 1.20 bits per heavy atom. The van der Waals surface area contributed by atoms with Crippen LogP contribution in [0.25, 0.3) is 11.1 Å². The normalized spacial score (nSPS) is 13.2. The third kappa shape index (κ3) is 3.88. The summed E-state index contributed by atoms with van der Waals surface area (Å²) in [4.78, 5) is 11.5. The van der Waals surface area contributed by atoms with Crippen LogP contribution in [-0.4, -0.2) is 20.1 Å². The molecule has 1 aromatic carbocycles. The molecule has 0 aliphatic carbocycles. The van der Waals surface area contributed by atoms with Gasteiger partial charge in [-0.3, -0.25) is 0 Å². The summed E-state index contributed by atoms with van der Waals surface area (Å²) < 4.78 is 11.9. The van der Waals surface area contributed by atoms with Crippen LogP contribution in [0.2, 0.25) is 13.1 Å². The van der Waals surface area contributed by atoms with Gasteiger partial charge in [0.15, 0.2) is 0 Å². The lowest BCUT2D eigenvalue weighted by Crippen LogP contribution is -2.26. The van der Waals surface area contributed by atoms with Gasteiger partial charge in [0, 0.05) is 16.8 Å². The summed E-state index contributed by atoms with van der Waals surface area (Å²) in [5.74, 6) is -0.510. The smallest absolute Gasteiger partial charge is 0.339 e. The first kappa shape index (κ1) is 19.1. The Morgan fingerprint density at radius 3 is 2.36 bits per heavy atom. The van der Waals surface area contributed by atoms with Gasteiger partial charge in [-0.1, -0.05) is 26.8 Å². The van der Waals surface area contributed by atoms with E-state index in [0.29, 0.717) is 11.3 Å². The second-order valence-corrected chi connectivity index (χ2v) is 9.32. The molecule has 0 amide bonds. The number of carboxylic acids is 1. The molecule has 25 heavy (non-hydrogen) atoms. The van der Waals surface area contributed by atoms with E-state index in [-0.39, 0.29) is 28.5 Å². The second kappa shape index (κ2) is 6.93. The van der Waals surface area contributed by atoms with Crippen molar-refractivity contribution >= 4 is 26.4 Å². The first-order chi connectivity index (χ1) is 11.5. The zero-order valence-electron chi connectivity index (χ0n) is 15.2. The zero-order chi connectivity index (χ0) is 18.9. The van der Waals surface area contributed by atoms with Crippen LogP contribution >= 0.6 is 0 Å². The molecule has 0 aliphatic heterocycles. The van der Waals surface area contributed by atoms with E-state index in [0.717, 1.165) is 5.56 Å². The Morgan fingerprint density at radius 2 is 1.84 bits per heavy atom. The molecular weight excluding hydrogens is 336 g/mol. The molecule has 0 spiro atoms. The maximum atomic E-state index is 11.5. The summed E-state index contributed by atoms with van der Waals surface area (Å²) in [6, 6.07) is 5.05. The summed E-state index contributed by atoms with van der Waals surface area (Å²) in [6.07, 6.45) is 1.30. The van der Waals surface area contributed by atoms with Crippen LogP contribution in [-0.2, 0) is 4.43 Å². The van der Waals surface area contributed by atoms with Crippen LogP contribution < -0.4 is 11.5 Å². The quantitative estimate of drug-likeness (QED) is 0.544. The second-order valence-electron chi connectivity index (χ2n) is 7.27. The topological polar surface area (TPSA) is 112 Å². The van der Waals surface area contributed by atoms with Gasteiger partial charge in [0.2, 0.25) is 9.04 Å². The number of carboxylic acid groups (broad SMARTS) is 1. The minimum atomic E-state index is -1.15. The highest BCUT2D eigenvalue weighted by atomic mass is 28.3.